The largest absolute Gasteiger partial charge is 0.491 e. The van der Waals surface area contributed by atoms with Gasteiger partial charge in [0.05, 0.1) is 23.4 Å². The van der Waals surface area contributed by atoms with Crippen LogP contribution in [0, 0.1) is 24.6 Å². The molecule has 282 valence electrons. The molecule has 1 N–H and O–H groups in total. The lowest BCUT2D eigenvalue weighted by molar-refractivity contribution is 0.0884. The number of anilines is 2. The molecule has 3 heterocycles. The van der Waals surface area contributed by atoms with Gasteiger partial charge in [-0.05, 0) is 81.9 Å². The number of rotatable bonds is 15. The molecule has 0 radical (unpaired) electrons. The number of halogens is 1. The van der Waals surface area contributed by atoms with Gasteiger partial charge in [0.2, 0.25) is 7.37 Å². The van der Waals surface area contributed by atoms with Gasteiger partial charge in [-0.1, -0.05) is 55.0 Å². The van der Waals surface area contributed by atoms with Crippen molar-refractivity contribution in [2.24, 2.45) is 4.99 Å². The highest BCUT2D eigenvalue weighted by atomic mass is 32.1. The molecule has 2 aromatic carbocycles. The molecule has 0 saturated heterocycles. The number of fused-ring (bicyclic) bond motifs is 1. The number of aryl methyl sites for hydroxylation is 2. The van der Waals surface area contributed by atoms with Gasteiger partial charge in [0.25, 0.3) is 0 Å². The first-order valence-corrected chi connectivity index (χ1v) is 24.7. The van der Waals surface area contributed by atoms with E-state index in [1.807, 2.05) is 44.1 Å². The normalized spacial score (nSPS) is 13.3. The molecule has 3 aromatic heterocycles. The molecule has 5 rings (SSSR count). The second-order valence-corrected chi connectivity index (χ2v) is 24.1. The molecule has 0 fully saturated rings. The zero-order valence-electron chi connectivity index (χ0n) is 31.5. The monoisotopic (exact) mass is 795 g/mol. The van der Waals surface area contributed by atoms with E-state index in [0.29, 0.717) is 59.9 Å². The summed E-state index contributed by atoms with van der Waals surface area (Å²) in [5, 5.41) is 9.44. The zero-order chi connectivity index (χ0) is 38.3. The maximum atomic E-state index is 14.7. The summed E-state index contributed by atoms with van der Waals surface area (Å²) in [4.78, 5) is 25.2. The van der Waals surface area contributed by atoms with Crippen molar-refractivity contribution in [3.63, 3.8) is 0 Å². The van der Waals surface area contributed by atoms with Crippen LogP contribution >= 0.6 is 30.0 Å². The molecule has 0 saturated carbocycles. The van der Waals surface area contributed by atoms with Gasteiger partial charge in [0.1, 0.15) is 12.2 Å². The quantitative estimate of drug-likeness (QED) is 0.0510. The lowest BCUT2D eigenvalue weighted by atomic mass is 10.2. The fraction of sp³-hybridized carbons (Fsp3) is 0.405. The molecule has 0 amide bonds. The van der Waals surface area contributed by atoms with Crippen LogP contribution in [0.25, 0.3) is 10.2 Å². The van der Waals surface area contributed by atoms with Gasteiger partial charge in [-0.3, -0.25) is 14.0 Å². The third kappa shape index (κ3) is 11.1. The Morgan fingerprint density at radius 1 is 1.08 bits per heavy atom. The van der Waals surface area contributed by atoms with E-state index in [0.717, 1.165) is 26.6 Å². The third-order valence-electron chi connectivity index (χ3n) is 8.01. The second-order valence-electron chi connectivity index (χ2n) is 14.3. The summed E-state index contributed by atoms with van der Waals surface area (Å²) in [5.41, 5.74) is 2.58. The predicted molar refractivity (Wildman–Crippen MR) is 217 cm³/mol. The van der Waals surface area contributed by atoms with Crippen LogP contribution in [0.4, 0.5) is 21.2 Å². The van der Waals surface area contributed by atoms with Gasteiger partial charge in [-0.25, -0.2) is 9.37 Å². The van der Waals surface area contributed by atoms with Crippen LogP contribution < -0.4 is 19.9 Å². The average molecular weight is 796 g/mol. The highest BCUT2D eigenvalue weighted by Gasteiger charge is 2.26. The highest BCUT2D eigenvalue weighted by molar-refractivity contribution is 7.65. The number of ether oxygens (including phenoxy) is 2. The van der Waals surface area contributed by atoms with E-state index in [2.05, 4.69) is 63.4 Å². The first-order valence-electron chi connectivity index (χ1n) is 17.2. The van der Waals surface area contributed by atoms with Crippen molar-refractivity contribution >= 4 is 70.5 Å². The van der Waals surface area contributed by atoms with Crippen LogP contribution in [0.1, 0.15) is 22.4 Å². The molecular formula is C37H47FN7O4PS2Si. The summed E-state index contributed by atoms with van der Waals surface area (Å²) >= 11 is 2.88. The Labute approximate surface area is 319 Å². The van der Waals surface area contributed by atoms with E-state index in [-0.39, 0.29) is 17.8 Å². The Balaban J connectivity index is 1.29. The minimum Gasteiger partial charge on any atom is -0.491 e. The van der Waals surface area contributed by atoms with E-state index in [9.17, 15) is 13.8 Å². The maximum absolute atomic E-state index is 14.7. The average Bonchev–Trinajstić information content (AvgIpc) is 3.67. The Morgan fingerprint density at radius 2 is 1.85 bits per heavy atom. The van der Waals surface area contributed by atoms with E-state index in [4.69, 9.17) is 14.5 Å². The Kier molecular flexibility index (Phi) is 13.4. The minimum atomic E-state index is -3.70. The van der Waals surface area contributed by atoms with Gasteiger partial charge in [-0.2, -0.15) is 4.99 Å². The van der Waals surface area contributed by atoms with E-state index < -0.39 is 21.3 Å². The lowest BCUT2D eigenvalue weighted by Gasteiger charge is -2.16. The van der Waals surface area contributed by atoms with Gasteiger partial charge < -0.3 is 19.3 Å². The summed E-state index contributed by atoms with van der Waals surface area (Å²) in [6.07, 6.45) is 0.910. The number of thiazole rings is 2. The predicted octanol–water partition coefficient (Wildman–Crippen LogP) is 7.16. The first kappa shape index (κ1) is 40.4. The molecule has 1 atom stereocenters. The highest BCUT2D eigenvalue weighted by Crippen LogP contribution is 2.40. The molecule has 0 aliphatic carbocycles. The lowest BCUT2D eigenvalue weighted by Crippen LogP contribution is -2.23. The van der Waals surface area contributed by atoms with Gasteiger partial charge in [-0.15, -0.1) is 21.5 Å². The zero-order valence-corrected chi connectivity index (χ0v) is 35.0. The molecule has 0 spiro atoms. The number of benzene rings is 2. The fourth-order valence-electron chi connectivity index (χ4n) is 5.06. The standard InChI is InChI=1S/C37H47FN7O4PS2Si/c1-26-23-33(41-42-34(26)39-37-45(25-48-21-22-53(6,7)8)29-14-9-10-15-31(29)51-37)44(4)36-40-35(50(5,46)47)32(52-36)16-12-20-49-30-18-17-27(24-28(30)38)13-11-19-43(2)3/h9-10,14-15,17-18,23-24H,12,16,19-22,25H2,1-8H3,(H,46,47). The number of aromatic nitrogens is 4. The van der Waals surface area contributed by atoms with E-state index in [1.54, 1.807) is 35.4 Å². The summed E-state index contributed by atoms with van der Waals surface area (Å²) in [7, 11) is 0.709. The van der Waals surface area contributed by atoms with Gasteiger partial charge in [0, 0.05) is 38.8 Å². The van der Waals surface area contributed by atoms with Crippen LogP contribution in [0.15, 0.2) is 53.5 Å². The molecular weight excluding hydrogens is 749 g/mol. The van der Waals surface area contributed by atoms with Crippen molar-refractivity contribution in [2.75, 3.05) is 52.5 Å². The van der Waals surface area contributed by atoms with Crippen LogP contribution in [0.3, 0.4) is 0 Å². The number of para-hydroxylation sites is 1. The summed E-state index contributed by atoms with van der Waals surface area (Å²) < 4.78 is 42.5. The van der Waals surface area contributed by atoms with Gasteiger partial charge >= 0.3 is 0 Å². The second kappa shape index (κ2) is 17.6. The summed E-state index contributed by atoms with van der Waals surface area (Å²) in [6.45, 7) is 12.1. The van der Waals surface area contributed by atoms with E-state index in [1.165, 1.54) is 24.1 Å². The molecule has 1 unspecified atom stereocenters. The fourth-order valence-corrected chi connectivity index (χ4v) is 9.38. The SMILES string of the molecule is Cc1cc(N(C)c2nc(P(C)(=O)O)c(CCCOc3ccc(C#CCN(C)C)cc3F)s2)nnc1N=c1sc2ccccc2n1COCC[Si](C)(C)C. The number of hydrogen-bond acceptors (Lipinski definition) is 11. The van der Waals surface area contributed by atoms with Crippen molar-refractivity contribution in [3.05, 3.63) is 75.2 Å². The van der Waals surface area contributed by atoms with Crippen LogP contribution in [-0.2, 0) is 22.5 Å². The summed E-state index contributed by atoms with van der Waals surface area (Å²) in [6, 6.07) is 15.8. The van der Waals surface area contributed by atoms with Crippen molar-refractivity contribution in [2.45, 2.75) is 52.2 Å². The van der Waals surface area contributed by atoms with Crippen LogP contribution in [0.5, 0.6) is 5.75 Å². The molecule has 16 heteroatoms. The molecule has 0 aliphatic heterocycles. The molecule has 11 nitrogen and oxygen atoms in total. The number of nitrogens with zero attached hydrogens (tertiary/aromatic N) is 7. The van der Waals surface area contributed by atoms with Crippen LogP contribution in [0.2, 0.25) is 25.7 Å². The third-order valence-corrected chi connectivity index (χ3v) is 13.3. The van der Waals surface area contributed by atoms with Crippen molar-refractivity contribution in [1.82, 2.24) is 24.6 Å². The Bertz CT molecular complexity index is 2230. The number of hydrogen-bond donors (Lipinski definition) is 1. The van der Waals surface area contributed by atoms with Crippen molar-refractivity contribution in [1.29, 1.82) is 0 Å². The molecule has 0 bridgehead atoms. The summed E-state index contributed by atoms with van der Waals surface area (Å²) in [5.74, 6) is 6.58. The Morgan fingerprint density at radius 3 is 2.55 bits per heavy atom. The molecule has 5 aromatic rings. The van der Waals surface area contributed by atoms with Crippen LogP contribution in [-0.4, -0.2) is 85.2 Å². The Hall–Kier alpha value is -3.74. The van der Waals surface area contributed by atoms with Gasteiger partial charge in [0.15, 0.2) is 33.1 Å². The topological polar surface area (TPSA) is 118 Å². The minimum absolute atomic E-state index is 0.133. The molecule has 0 aliphatic rings. The first-order chi connectivity index (χ1) is 25.1. The van der Waals surface area contributed by atoms with E-state index >= 15 is 0 Å². The smallest absolute Gasteiger partial charge is 0.245 e. The maximum Gasteiger partial charge on any atom is 0.245 e. The van der Waals surface area contributed by atoms with Crippen molar-refractivity contribution in [3.8, 4) is 17.6 Å². The molecule has 53 heavy (non-hydrogen) atoms. The van der Waals surface area contributed by atoms with Crippen molar-refractivity contribution < 1.29 is 23.3 Å².